The van der Waals surface area contributed by atoms with Gasteiger partial charge in [-0.3, -0.25) is 4.57 Å². The van der Waals surface area contributed by atoms with Gasteiger partial charge in [0, 0.05) is 11.8 Å². The van der Waals surface area contributed by atoms with Gasteiger partial charge in [-0.2, -0.15) is 4.98 Å². The number of hydrogen-bond acceptors (Lipinski definition) is 2. The molecule has 0 amide bonds. The van der Waals surface area contributed by atoms with E-state index in [1.165, 1.54) is 4.57 Å². The fourth-order valence-corrected chi connectivity index (χ4v) is 2.43. The largest absolute Gasteiger partial charge is 0.348 e. The van der Waals surface area contributed by atoms with Gasteiger partial charge in [0.15, 0.2) is 0 Å². The summed E-state index contributed by atoms with van der Waals surface area (Å²) in [5.41, 5.74) is 2.09. The molecular weight excluding hydrogens is 284 g/mol. The molecule has 1 aromatic heterocycles. The van der Waals surface area contributed by atoms with Gasteiger partial charge in [0.25, 0.3) is 0 Å². The first-order valence-corrected chi connectivity index (χ1v) is 6.98. The molecule has 3 aromatic rings. The third-order valence-electron chi connectivity index (χ3n) is 3.19. The van der Waals surface area contributed by atoms with Gasteiger partial charge in [-0.05, 0) is 5.56 Å². The Kier molecular flexibility index (Phi) is 3.84. The smallest absolute Gasteiger partial charge is 0.293 e. The van der Waals surface area contributed by atoms with E-state index in [1.807, 2.05) is 60.7 Å². The molecule has 104 valence electrons. The third kappa shape index (κ3) is 3.03. The molecule has 4 heteroatoms. The predicted octanol–water partition coefficient (Wildman–Crippen LogP) is 3.61. The van der Waals surface area contributed by atoms with Gasteiger partial charge in [0.2, 0.25) is 0 Å². The van der Waals surface area contributed by atoms with E-state index in [9.17, 15) is 4.79 Å². The summed E-state index contributed by atoms with van der Waals surface area (Å²) in [4.78, 5) is 16.3. The van der Waals surface area contributed by atoms with E-state index in [-0.39, 0.29) is 5.69 Å². The highest BCUT2D eigenvalue weighted by molar-refractivity contribution is 6.32. The number of hydrogen-bond donors (Lipinski definition) is 0. The zero-order valence-corrected chi connectivity index (χ0v) is 12.0. The third-order valence-corrected chi connectivity index (χ3v) is 3.47. The Morgan fingerprint density at radius 1 is 0.952 bits per heavy atom. The fourth-order valence-electron chi connectivity index (χ4n) is 2.16. The van der Waals surface area contributed by atoms with E-state index >= 15 is 0 Å². The Morgan fingerprint density at radius 2 is 1.57 bits per heavy atom. The molecule has 0 saturated carbocycles. The summed E-state index contributed by atoms with van der Waals surface area (Å²) >= 11 is 6.28. The number of halogens is 1. The Morgan fingerprint density at radius 3 is 2.24 bits per heavy atom. The molecule has 0 saturated heterocycles. The quantitative estimate of drug-likeness (QED) is 0.740. The van der Waals surface area contributed by atoms with Crippen LogP contribution in [0.4, 0.5) is 0 Å². The van der Waals surface area contributed by atoms with E-state index in [1.54, 1.807) is 6.20 Å². The van der Waals surface area contributed by atoms with Crippen molar-refractivity contribution in [1.82, 2.24) is 9.55 Å². The van der Waals surface area contributed by atoms with Crippen LogP contribution in [0, 0.1) is 0 Å². The van der Waals surface area contributed by atoms with Crippen molar-refractivity contribution in [2.24, 2.45) is 0 Å². The maximum Gasteiger partial charge on any atom is 0.348 e. The highest BCUT2D eigenvalue weighted by atomic mass is 35.5. The lowest BCUT2D eigenvalue weighted by atomic mass is 10.1. The van der Waals surface area contributed by atoms with Crippen LogP contribution in [0.1, 0.15) is 5.56 Å². The molecule has 0 unspecified atom stereocenters. The summed E-state index contributed by atoms with van der Waals surface area (Å²) in [6, 6.07) is 19.2. The average Bonchev–Trinajstić information content (AvgIpc) is 2.52. The SMILES string of the molecule is O=c1nc(-c2ccccc2)c(Cl)cn1Cc1ccccc1. The molecule has 0 spiro atoms. The van der Waals surface area contributed by atoms with E-state index in [2.05, 4.69) is 4.98 Å². The van der Waals surface area contributed by atoms with Crippen molar-refractivity contribution < 1.29 is 0 Å². The molecule has 0 aliphatic carbocycles. The van der Waals surface area contributed by atoms with Gasteiger partial charge in [0.05, 0.1) is 17.3 Å². The average molecular weight is 297 g/mol. The van der Waals surface area contributed by atoms with Crippen molar-refractivity contribution in [3.63, 3.8) is 0 Å². The number of aromatic nitrogens is 2. The molecule has 0 bridgehead atoms. The molecule has 0 aliphatic rings. The highest BCUT2D eigenvalue weighted by Gasteiger charge is 2.09. The van der Waals surface area contributed by atoms with Crippen molar-refractivity contribution >= 4 is 11.6 Å². The van der Waals surface area contributed by atoms with Gasteiger partial charge in [-0.25, -0.2) is 4.79 Å². The number of benzene rings is 2. The molecular formula is C17H13ClN2O. The normalized spacial score (nSPS) is 10.5. The second-order valence-corrected chi connectivity index (χ2v) is 5.11. The molecule has 0 radical (unpaired) electrons. The zero-order valence-electron chi connectivity index (χ0n) is 11.2. The molecule has 0 atom stereocenters. The van der Waals surface area contributed by atoms with Crippen molar-refractivity contribution in [1.29, 1.82) is 0 Å². The lowest BCUT2D eigenvalue weighted by Gasteiger charge is -2.08. The molecule has 21 heavy (non-hydrogen) atoms. The first-order valence-electron chi connectivity index (χ1n) is 6.60. The van der Waals surface area contributed by atoms with Crippen LogP contribution in [-0.4, -0.2) is 9.55 Å². The van der Waals surface area contributed by atoms with E-state index in [0.717, 1.165) is 11.1 Å². The van der Waals surface area contributed by atoms with E-state index < -0.39 is 0 Å². The maximum absolute atomic E-state index is 12.2. The minimum atomic E-state index is -0.304. The van der Waals surface area contributed by atoms with Gasteiger partial charge in [-0.15, -0.1) is 0 Å². The van der Waals surface area contributed by atoms with Crippen LogP contribution in [0.15, 0.2) is 71.7 Å². The highest BCUT2D eigenvalue weighted by Crippen LogP contribution is 2.23. The molecule has 2 aromatic carbocycles. The molecule has 0 N–H and O–H groups in total. The van der Waals surface area contributed by atoms with Crippen molar-refractivity contribution in [3.05, 3.63) is 87.9 Å². The molecule has 1 heterocycles. The van der Waals surface area contributed by atoms with Crippen LogP contribution in [0.5, 0.6) is 0 Å². The molecule has 3 nitrogen and oxygen atoms in total. The minimum Gasteiger partial charge on any atom is -0.293 e. The van der Waals surface area contributed by atoms with Crippen molar-refractivity contribution in [3.8, 4) is 11.3 Å². The second kappa shape index (κ2) is 5.94. The Hall–Kier alpha value is -2.39. The molecule has 3 rings (SSSR count). The van der Waals surface area contributed by atoms with Crippen LogP contribution in [-0.2, 0) is 6.54 Å². The minimum absolute atomic E-state index is 0.304. The zero-order chi connectivity index (χ0) is 14.7. The summed E-state index contributed by atoms with van der Waals surface area (Å²) < 4.78 is 1.52. The Labute approximate surface area is 127 Å². The molecule has 0 fully saturated rings. The standard InChI is InChI=1S/C17H13ClN2O/c18-15-12-20(11-13-7-3-1-4-8-13)17(21)19-16(15)14-9-5-2-6-10-14/h1-10,12H,11H2. The summed E-state index contributed by atoms with van der Waals surface area (Å²) in [5, 5.41) is 0.469. The van der Waals surface area contributed by atoms with Crippen LogP contribution < -0.4 is 5.69 Å². The van der Waals surface area contributed by atoms with E-state index in [4.69, 9.17) is 11.6 Å². The topological polar surface area (TPSA) is 34.9 Å². The van der Waals surface area contributed by atoms with Gasteiger partial charge in [0.1, 0.15) is 0 Å². The monoisotopic (exact) mass is 296 g/mol. The summed E-state index contributed by atoms with van der Waals surface area (Å²) in [5.74, 6) is 0. The van der Waals surface area contributed by atoms with Crippen molar-refractivity contribution in [2.75, 3.05) is 0 Å². The van der Waals surface area contributed by atoms with E-state index in [0.29, 0.717) is 17.3 Å². The van der Waals surface area contributed by atoms with Gasteiger partial charge >= 0.3 is 5.69 Å². The lowest BCUT2D eigenvalue weighted by molar-refractivity contribution is 0.729. The number of rotatable bonds is 3. The van der Waals surface area contributed by atoms with Crippen molar-refractivity contribution in [2.45, 2.75) is 6.54 Å². The lowest BCUT2D eigenvalue weighted by Crippen LogP contribution is -2.23. The first-order chi connectivity index (χ1) is 10.2. The second-order valence-electron chi connectivity index (χ2n) is 4.70. The maximum atomic E-state index is 12.2. The number of nitrogens with zero attached hydrogens (tertiary/aromatic N) is 2. The Bertz CT molecular complexity index is 798. The van der Waals surface area contributed by atoms with Crippen LogP contribution >= 0.6 is 11.6 Å². The van der Waals surface area contributed by atoms with Crippen LogP contribution in [0.2, 0.25) is 5.02 Å². The van der Waals surface area contributed by atoms with Crippen LogP contribution in [0.3, 0.4) is 0 Å². The van der Waals surface area contributed by atoms with Gasteiger partial charge < -0.3 is 0 Å². The Balaban J connectivity index is 1.99. The summed E-state index contributed by atoms with van der Waals surface area (Å²) in [6.45, 7) is 0.460. The van der Waals surface area contributed by atoms with Gasteiger partial charge in [-0.1, -0.05) is 72.3 Å². The summed E-state index contributed by atoms with van der Waals surface area (Å²) in [7, 11) is 0. The first kappa shape index (κ1) is 13.6. The molecule has 0 aliphatic heterocycles. The fraction of sp³-hybridized carbons (Fsp3) is 0.0588. The predicted molar refractivity (Wildman–Crippen MR) is 84.5 cm³/mol. The van der Waals surface area contributed by atoms with Crippen LogP contribution in [0.25, 0.3) is 11.3 Å². The summed E-state index contributed by atoms with van der Waals surface area (Å²) in [6.07, 6.45) is 1.65.